The van der Waals surface area contributed by atoms with Crippen molar-refractivity contribution >= 4 is 5.91 Å². The summed E-state index contributed by atoms with van der Waals surface area (Å²) in [7, 11) is 3.10. The van der Waals surface area contributed by atoms with Crippen molar-refractivity contribution in [2.75, 3.05) is 14.2 Å². The fraction of sp³-hybridized carbons (Fsp3) is 0.318. The Bertz CT molecular complexity index is 1020. The Labute approximate surface area is 174 Å². The van der Waals surface area contributed by atoms with Gasteiger partial charge >= 0.3 is 0 Å². The van der Waals surface area contributed by atoms with Crippen molar-refractivity contribution in [2.24, 2.45) is 5.92 Å². The van der Waals surface area contributed by atoms with Gasteiger partial charge in [-0.05, 0) is 42.3 Å². The van der Waals surface area contributed by atoms with Gasteiger partial charge < -0.3 is 19.3 Å². The second-order valence-corrected chi connectivity index (χ2v) is 6.87. The Morgan fingerprint density at radius 1 is 1.17 bits per heavy atom. The highest BCUT2D eigenvalue weighted by molar-refractivity contribution is 5.94. The minimum atomic E-state index is -0.521. The van der Waals surface area contributed by atoms with E-state index in [0.717, 1.165) is 6.42 Å². The molecule has 0 bridgehead atoms. The standard InChI is InChI=1S/C22H24FN3O4/c1-5-13(2)19(24-21(27)15-7-6-8-16(23)11-15)22-25-20(26-30-22)14-9-10-17(28-3)18(12-14)29-4/h6-13,19H,5H2,1-4H3,(H,24,27)/t13-,19+/m1/s1. The summed E-state index contributed by atoms with van der Waals surface area (Å²) < 4.78 is 29.5. The Morgan fingerprint density at radius 3 is 2.60 bits per heavy atom. The van der Waals surface area contributed by atoms with E-state index in [1.165, 1.54) is 18.2 Å². The number of nitrogens with one attached hydrogen (secondary N) is 1. The molecule has 3 rings (SSSR count). The summed E-state index contributed by atoms with van der Waals surface area (Å²) in [5.74, 6) is 0.894. The molecule has 0 aliphatic carbocycles. The number of aromatic nitrogens is 2. The van der Waals surface area contributed by atoms with Crippen LogP contribution < -0.4 is 14.8 Å². The number of amides is 1. The lowest BCUT2D eigenvalue weighted by atomic mass is 9.98. The number of hydrogen-bond donors (Lipinski definition) is 1. The van der Waals surface area contributed by atoms with Gasteiger partial charge in [-0.3, -0.25) is 4.79 Å². The number of carbonyl (C=O) groups is 1. The molecule has 0 radical (unpaired) electrons. The number of carbonyl (C=O) groups excluding carboxylic acids is 1. The van der Waals surface area contributed by atoms with Crippen molar-refractivity contribution in [3.8, 4) is 22.9 Å². The summed E-state index contributed by atoms with van der Waals surface area (Å²) in [6, 6.07) is 10.3. The van der Waals surface area contributed by atoms with Crippen LogP contribution in [-0.4, -0.2) is 30.3 Å². The van der Waals surface area contributed by atoms with E-state index in [2.05, 4.69) is 15.5 Å². The van der Waals surface area contributed by atoms with Crippen molar-refractivity contribution in [3.05, 3.63) is 59.7 Å². The Kier molecular flexibility index (Phi) is 6.66. The highest BCUT2D eigenvalue weighted by Crippen LogP contribution is 2.32. The summed E-state index contributed by atoms with van der Waals surface area (Å²) in [6.07, 6.45) is 0.766. The first-order valence-corrected chi connectivity index (χ1v) is 9.59. The van der Waals surface area contributed by atoms with Crippen LogP contribution in [0.1, 0.15) is 42.6 Å². The van der Waals surface area contributed by atoms with Crippen LogP contribution in [0.2, 0.25) is 0 Å². The van der Waals surface area contributed by atoms with Gasteiger partial charge in [0.05, 0.1) is 14.2 Å². The minimum absolute atomic E-state index is 0.0150. The first-order valence-electron chi connectivity index (χ1n) is 9.59. The normalized spacial score (nSPS) is 12.8. The van der Waals surface area contributed by atoms with Crippen LogP contribution in [0.5, 0.6) is 11.5 Å². The summed E-state index contributed by atoms with van der Waals surface area (Å²) in [5, 5.41) is 6.94. The van der Waals surface area contributed by atoms with Gasteiger partial charge in [0.1, 0.15) is 11.9 Å². The molecule has 2 aromatic carbocycles. The third-order valence-electron chi connectivity index (χ3n) is 4.94. The molecule has 0 saturated heterocycles. The van der Waals surface area contributed by atoms with Crippen LogP contribution in [0.4, 0.5) is 4.39 Å². The van der Waals surface area contributed by atoms with Gasteiger partial charge in [0.15, 0.2) is 11.5 Å². The predicted molar refractivity (Wildman–Crippen MR) is 109 cm³/mol. The highest BCUT2D eigenvalue weighted by Gasteiger charge is 2.27. The number of hydrogen-bond acceptors (Lipinski definition) is 6. The first kappa shape index (κ1) is 21.3. The summed E-state index contributed by atoms with van der Waals surface area (Å²) in [4.78, 5) is 17.1. The number of ether oxygens (including phenoxy) is 2. The lowest BCUT2D eigenvalue weighted by Crippen LogP contribution is -2.32. The Hall–Kier alpha value is -3.42. The molecule has 3 aromatic rings. The largest absolute Gasteiger partial charge is 0.493 e. The molecule has 1 amide bonds. The van der Waals surface area contributed by atoms with E-state index in [1.54, 1.807) is 38.5 Å². The molecule has 1 heterocycles. The molecule has 0 unspecified atom stereocenters. The summed E-state index contributed by atoms with van der Waals surface area (Å²) >= 11 is 0. The zero-order chi connectivity index (χ0) is 21.7. The van der Waals surface area contributed by atoms with Crippen LogP contribution in [0.25, 0.3) is 11.4 Å². The van der Waals surface area contributed by atoms with Crippen molar-refractivity contribution in [1.29, 1.82) is 0 Å². The average molecular weight is 413 g/mol. The zero-order valence-corrected chi connectivity index (χ0v) is 17.3. The topological polar surface area (TPSA) is 86.5 Å². The van der Waals surface area contributed by atoms with E-state index in [4.69, 9.17) is 14.0 Å². The molecule has 8 heteroatoms. The van der Waals surface area contributed by atoms with Crippen LogP contribution in [-0.2, 0) is 0 Å². The monoisotopic (exact) mass is 413 g/mol. The summed E-state index contributed by atoms with van der Waals surface area (Å²) in [5.41, 5.74) is 0.907. The molecular formula is C22H24FN3O4. The van der Waals surface area contributed by atoms with Crippen molar-refractivity contribution in [3.63, 3.8) is 0 Å². The van der Waals surface area contributed by atoms with E-state index >= 15 is 0 Å². The van der Waals surface area contributed by atoms with Crippen LogP contribution in [0.15, 0.2) is 47.0 Å². The fourth-order valence-electron chi connectivity index (χ4n) is 2.99. The maximum atomic E-state index is 13.5. The SMILES string of the molecule is CC[C@@H](C)[C@H](NC(=O)c1cccc(F)c1)c1nc(-c2ccc(OC)c(OC)c2)no1. The molecule has 0 aliphatic rings. The molecule has 1 aromatic heterocycles. The van der Waals surface area contributed by atoms with Gasteiger partial charge in [0, 0.05) is 11.1 Å². The van der Waals surface area contributed by atoms with Gasteiger partial charge in [0.2, 0.25) is 11.7 Å². The first-order chi connectivity index (χ1) is 14.5. The molecular weight excluding hydrogens is 389 g/mol. The van der Waals surface area contributed by atoms with Gasteiger partial charge in [-0.15, -0.1) is 0 Å². The lowest BCUT2D eigenvalue weighted by Gasteiger charge is -2.20. The van der Waals surface area contributed by atoms with E-state index in [9.17, 15) is 9.18 Å². The predicted octanol–water partition coefficient (Wildman–Crippen LogP) is 4.41. The maximum Gasteiger partial charge on any atom is 0.252 e. The van der Waals surface area contributed by atoms with Crippen LogP contribution >= 0.6 is 0 Å². The second kappa shape index (κ2) is 9.39. The van der Waals surface area contributed by atoms with E-state index in [1.807, 2.05) is 13.8 Å². The molecule has 158 valence electrons. The highest BCUT2D eigenvalue weighted by atomic mass is 19.1. The average Bonchev–Trinajstić information content (AvgIpc) is 3.26. The van der Waals surface area contributed by atoms with Crippen molar-refractivity contribution in [2.45, 2.75) is 26.3 Å². The number of halogens is 1. The third kappa shape index (κ3) is 4.59. The fourth-order valence-corrected chi connectivity index (χ4v) is 2.99. The second-order valence-electron chi connectivity index (χ2n) is 6.87. The third-order valence-corrected chi connectivity index (χ3v) is 4.94. The Balaban J connectivity index is 1.88. The quantitative estimate of drug-likeness (QED) is 0.589. The summed E-state index contributed by atoms with van der Waals surface area (Å²) in [6.45, 7) is 3.97. The number of nitrogens with zero attached hydrogens (tertiary/aromatic N) is 2. The van der Waals surface area contributed by atoms with Gasteiger partial charge in [-0.1, -0.05) is 31.5 Å². The molecule has 7 nitrogen and oxygen atoms in total. The van der Waals surface area contributed by atoms with Crippen molar-refractivity contribution < 1.29 is 23.2 Å². The molecule has 0 spiro atoms. The molecule has 0 aliphatic heterocycles. The van der Waals surface area contributed by atoms with Crippen LogP contribution in [0.3, 0.4) is 0 Å². The molecule has 1 N–H and O–H groups in total. The number of benzene rings is 2. The van der Waals surface area contributed by atoms with E-state index in [-0.39, 0.29) is 17.4 Å². The van der Waals surface area contributed by atoms with Crippen molar-refractivity contribution in [1.82, 2.24) is 15.5 Å². The van der Waals surface area contributed by atoms with Gasteiger partial charge in [-0.25, -0.2) is 4.39 Å². The van der Waals surface area contributed by atoms with Gasteiger partial charge in [0.25, 0.3) is 5.91 Å². The zero-order valence-electron chi connectivity index (χ0n) is 17.3. The molecule has 30 heavy (non-hydrogen) atoms. The number of methoxy groups -OCH3 is 2. The van der Waals surface area contributed by atoms with E-state index < -0.39 is 17.8 Å². The maximum absolute atomic E-state index is 13.5. The molecule has 0 fully saturated rings. The minimum Gasteiger partial charge on any atom is -0.493 e. The molecule has 0 saturated carbocycles. The number of rotatable bonds is 8. The van der Waals surface area contributed by atoms with E-state index in [0.29, 0.717) is 22.9 Å². The van der Waals surface area contributed by atoms with Gasteiger partial charge in [-0.2, -0.15) is 4.98 Å². The smallest absolute Gasteiger partial charge is 0.252 e. The Morgan fingerprint density at radius 2 is 1.93 bits per heavy atom. The molecule has 2 atom stereocenters. The lowest BCUT2D eigenvalue weighted by molar-refractivity contribution is 0.0909. The van der Waals surface area contributed by atoms with Crippen LogP contribution in [0, 0.1) is 11.7 Å².